The zero-order valence-corrected chi connectivity index (χ0v) is 18.8. The average molecular weight is 444 g/mol. The molecule has 7 nitrogen and oxygen atoms in total. The molecule has 31 heavy (non-hydrogen) atoms. The summed E-state index contributed by atoms with van der Waals surface area (Å²) in [5.74, 6) is -1.00. The maximum absolute atomic E-state index is 13.1. The van der Waals surface area contributed by atoms with Crippen molar-refractivity contribution in [2.24, 2.45) is 0 Å². The minimum absolute atomic E-state index is 0.00405. The fourth-order valence-corrected chi connectivity index (χ4v) is 4.53. The molecule has 1 saturated carbocycles. The molecule has 3 rings (SSSR count). The van der Waals surface area contributed by atoms with Crippen LogP contribution in [0.2, 0.25) is 0 Å². The summed E-state index contributed by atoms with van der Waals surface area (Å²) in [5, 5.41) is 5.21. The van der Waals surface area contributed by atoms with Gasteiger partial charge >= 0.3 is 5.97 Å². The van der Waals surface area contributed by atoms with E-state index in [0.29, 0.717) is 10.7 Å². The van der Waals surface area contributed by atoms with Crippen molar-refractivity contribution in [3.05, 3.63) is 47.0 Å². The van der Waals surface area contributed by atoms with E-state index in [1.165, 1.54) is 17.8 Å². The lowest BCUT2D eigenvalue weighted by atomic mass is 9.94. The Morgan fingerprint density at radius 1 is 1.23 bits per heavy atom. The molecule has 8 heteroatoms. The van der Waals surface area contributed by atoms with Crippen LogP contribution < -0.4 is 10.2 Å². The first-order valence-electron chi connectivity index (χ1n) is 10.7. The highest BCUT2D eigenvalue weighted by molar-refractivity contribution is 7.13. The quantitative estimate of drug-likeness (QED) is 0.626. The second-order valence-corrected chi connectivity index (χ2v) is 8.64. The molecule has 1 heterocycles. The number of aryl methyl sites for hydroxylation is 1. The Labute approximate surface area is 186 Å². The van der Waals surface area contributed by atoms with Crippen LogP contribution in [-0.2, 0) is 14.3 Å². The first-order chi connectivity index (χ1) is 15.0. The van der Waals surface area contributed by atoms with Crippen LogP contribution in [0.15, 0.2) is 35.8 Å². The molecule has 1 atom stereocenters. The number of carbonyl (C=O) groups excluding carboxylic acids is 3. The van der Waals surface area contributed by atoms with Gasteiger partial charge in [-0.3, -0.25) is 19.3 Å². The SMILES string of the molecule is Cc1ccccc1C(=O)NCCC(=O)OC(C)C(=O)N(c1nccs1)C1CCCCC1. The zero-order valence-electron chi connectivity index (χ0n) is 18.0. The van der Waals surface area contributed by atoms with E-state index in [4.69, 9.17) is 4.74 Å². The molecule has 1 fully saturated rings. The largest absolute Gasteiger partial charge is 0.452 e. The minimum atomic E-state index is -0.912. The van der Waals surface area contributed by atoms with Gasteiger partial charge in [-0.05, 0) is 38.3 Å². The van der Waals surface area contributed by atoms with E-state index >= 15 is 0 Å². The maximum Gasteiger partial charge on any atom is 0.308 e. The van der Waals surface area contributed by atoms with Crippen LogP contribution in [0, 0.1) is 6.92 Å². The van der Waals surface area contributed by atoms with Crippen LogP contribution in [-0.4, -0.2) is 41.5 Å². The minimum Gasteiger partial charge on any atom is -0.452 e. The number of carbonyl (C=O) groups is 3. The monoisotopic (exact) mass is 443 g/mol. The third-order valence-corrected chi connectivity index (χ3v) is 6.23. The van der Waals surface area contributed by atoms with Gasteiger partial charge in [0.25, 0.3) is 11.8 Å². The number of thiazole rings is 1. The van der Waals surface area contributed by atoms with Gasteiger partial charge in [-0.2, -0.15) is 0 Å². The molecule has 1 aliphatic carbocycles. The van der Waals surface area contributed by atoms with Crippen molar-refractivity contribution in [1.82, 2.24) is 10.3 Å². The maximum atomic E-state index is 13.1. The molecule has 166 valence electrons. The van der Waals surface area contributed by atoms with Gasteiger partial charge in [0.05, 0.1) is 6.42 Å². The van der Waals surface area contributed by atoms with Crippen molar-refractivity contribution in [3.8, 4) is 0 Å². The van der Waals surface area contributed by atoms with Crippen LogP contribution in [0.3, 0.4) is 0 Å². The lowest BCUT2D eigenvalue weighted by Gasteiger charge is -2.33. The fraction of sp³-hybridized carbons (Fsp3) is 0.478. The van der Waals surface area contributed by atoms with Crippen LogP contribution in [0.1, 0.15) is 61.4 Å². The van der Waals surface area contributed by atoms with Gasteiger partial charge in [-0.25, -0.2) is 4.98 Å². The molecule has 0 bridgehead atoms. The molecular formula is C23H29N3O4S. The summed E-state index contributed by atoms with van der Waals surface area (Å²) in [6, 6.07) is 7.34. The van der Waals surface area contributed by atoms with E-state index in [9.17, 15) is 14.4 Å². The summed E-state index contributed by atoms with van der Waals surface area (Å²) in [4.78, 5) is 43.7. The number of anilines is 1. The number of ether oxygens (including phenoxy) is 1. The third kappa shape index (κ3) is 6.13. The van der Waals surface area contributed by atoms with E-state index in [1.807, 2.05) is 24.4 Å². The normalized spacial score (nSPS) is 15.2. The highest BCUT2D eigenvalue weighted by Gasteiger charge is 2.33. The summed E-state index contributed by atoms with van der Waals surface area (Å²) in [5.41, 5.74) is 1.44. The Kier molecular flexibility index (Phi) is 8.17. The van der Waals surface area contributed by atoms with Gasteiger partial charge in [0, 0.05) is 29.7 Å². The Morgan fingerprint density at radius 2 is 1.97 bits per heavy atom. The predicted molar refractivity (Wildman–Crippen MR) is 120 cm³/mol. The molecule has 0 radical (unpaired) electrons. The number of benzene rings is 1. The molecule has 1 unspecified atom stereocenters. The van der Waals surface area contributed by atoms with Crippen LogP contribution in [0.4, 0.5) is 5.13 Å². The average Bonchev–Trinajstić information content (AvgIpc) is 3.29. The molecule has 0 spiro atoms. The Bertz CT molecular complexity index is 894. The number of esters is 1. The van der Waals surface area contributed by atoms with E-state index < -0.39 is 12.1 Å². The third-order valence-electron chi connectivity index (χ3n) is 5.46. The van der Waals surface area contributed by atoms with Crippen molar-refractivity contribution in [1.29, 1.82) is 0 Å². The molecular weight excluding hydrogens is 414 g/mol. The molecule has 0 saturated heterocycles. The summed E-state index contributed by atoms with van der Waals surface area (Å²) < 4.78 is 5.39. The molecule has 1 N–H and O–H groups in total. The first kappa shape index (κ1) is 22.9. The summed E-state index contributed by atoms with van der Waals surface area (Å²) >= 11 is 1.41. The number of rotatable bonds is 8. The standard InChI is InChI=1S/C23H29N3O4S/c1-16-8-6-7-11-19(16)21(28)24-13-12-20(27)30-17(2)22(29)26(23-25-14-15-31-23)18-9-4-3-5-10-18/h6-8,11,14-15,17-18H,3-5,9-10,12-13H2,1-2H3,(H,24,28). The van der Waals surface area contributed by atoms with Gasteiger partial charge in [0.2, 0.25) is 0 Å². The lowest BCUT2D eigenvalue weighted by molar-refractivity contribution is -0.154. The molecule has 2 amide bonds. The number of nitrogens with one attached hydrogen (secondary N) is 1. The van der Waals surface area contributed by atoms with Crippen LogP contribution in [0.25, 0.3) is 0 Å². The molecule has 1 aromatic carbocycles. The fourth-order valence-electron chi connectivity index (χ4n) is 3.81. The zero-order chi connectivity index (χ0) is 22.2. The lowest BCUT2D eigenvalue weighted by Crippen LogP contribution is -2.47. The predicted octanol–water partition coefficient (Wildman–Crippen LogP) is 3.87. The number of nitrogens with zero attached hydrogens (tertiary/aromatic N) is 2. The molecule has 0 aliphatic heterocycles. The van der Waals surface area contributed by atoms with E-state index in [1.54, 1.807) is 30.2 Å². The van der Waals surface area contributed by atoms with Crippen molar-refractivity contribution in [2.75, 3.05) is 11.4 Å². The van der Waals surface area contributed by atoms with E-state index in [0.717, 1.165) is 31.2 Å². The summed E-state index contributed by atoms with van der Waals surface area (Å²) in [7, 11) is 0. The van der Waals surface area contributed by atoms with E-state index in [2.05, 4.69) is 10.3 Å². The van der Waals surface area contributed by atoms with Crippen LogP contribution in [0.5, 0.6) is 0 Å². The van der Waals surface area contributed by atoms with Gasteiger partial charge in [0.1, 0.15) is 0 Å². The summed E-state index contributed by atoms with van der Waals surface area (Å²) in [6.45, 7) is 3.60. The van der Waals surface area contributed by atoms with Crippen molar-refractivity contribution >= 4 is 34.3 Å². The van der Waals surface area contributed by atoms with Gasteiger partial charge in [0.15, 0.2) is 11.2 Å². The number of hydrogen-bond acceptors (Lipinski definition) is 6. The summed E-state index contributed by atoms with van der Waals surface area (Å²) in [6.07, 6.45) is 5.95. The first-order valence-corrected chi connectivity index (χ1v) is 11.6. The molecule has 1 aromatic heterocycles. The van der Waals surface area contributed by atoms with Crippen LogP contribution >= 0.6 is 11.3 Å². The highest BCUT2D eigenvalue weighted by Crippen LogP contribution is 2.29. The Morgan fingerprint density at radius 3 is 2.65 bits per heavy atom. The van der Waals surface area contributed by atoms with Gasteiger partial charge < -0.3 is 10.1 Å². The molecule has 1 aliphatic rings. The van der Waals surface area contributed by atoms with Gasteiger partial charge in [-0.1, -0.05) is 37.5 Å². The number of amides is 2. The smallest absolute Gasteiger partial charge is 0.308 e. The topological polar surface area (TPSA) is 88.6 Å². The van der Waals surface area contributed by atoms with E-state index in [-0.39, 0.29) is 30.8 Å². The number of aromatic nitrogens is 1. The second-order valence-electron chi connectivity index (χ2n) is 7.77. The number of hydrogen-bond donors (Lipinski definition) is 1. The highest BCUT2D eigenvalue weighted by atomic mass is 32.1. The second kappa shape index (κ2) is 11.0. The van der Waals surface area contributed by atoms with Crippen molar-refractivity contribution in [3.63, 3.8) is 0 Å². The van der Waals surface area contributed by atoms with Gasteiger partial charge in [-0.15, -0.1) is 11.3 Å². The molecule has 2 aromatic rings. The van der Waals surface area contributed by atoms with Crippen molar-refractivity contribution < 1.29 is 19.1 Å². The van der Waals surface area contributed by atoms with Crippen molar-refractivity contribution in [2.45, 2.75) is 64.5 Å². The Hall–Kier alpha value is -2.74. The Balaban J connectivity index is 1.52.